The van der Waals surface area contributed by atoms with Crippen molar-refractivity contribution >= 4 is 32.6 Å². The largest absolute Gasteiger partial charge is 0.302 e. The third kappa shape index (κ3) is 4.71. The number of aromatic nitrogens is 3. The Morgan fingerprint density at radius 2 is 1.86 bits per heavy atom. The summed E-state index contributed by atoms with van der Waals surface area (Å²) in [6.07, 6.45) is 1.45. The van der Waals surface area contributed by atoms with Crippen molar-refractivity contribution in [1.29, 1.82) is 0 Å². The molecule has 0 spiro atoms. The van der Waals surface area contributed by atoms with Crippen LogP contribution in [0.4, 0.5) is 5.13 Å². The number of anilines is 1. The lowest BCUT2D eigenvalue weighted by Crippen LogP contribution is -2.41. The summed E-state index contributed by atoms with van der Waals surface area (Å²) in [5.41, 5.74) is 1.94. The molecular formula is C21H27N5O2S. The Balaban J connectivity index is 1.90. The molecule has 29 heavy (non-hydrogen) atoms. The van der Waals surface area contributed by atoms with Gasteiger partial charge in [-0.05, 0) is 39.1 Å². The molecule has 3 aromatic rings. The topological polar surface area (TPSA) is 71.3 Å². The van der Waals surface area contributed by atoms with Crippen LogP contribution in [0.5, 0.6) is 0 Å². The SMILES string of the molecule is CCN(CC)CCN(C(=O)Cn1cnc(C)c(C)c1=O)c1nc2ccccc2s1. The second-order valence-electron chi connectivity index (χ2n) is 6.92. The van der Waals surface area contributed by atoms with Gasteiger partial charge in [-0.1, -0.05) is 37.3 Å². The number of para-hydroxylation sites is 1. The standard InChI is InChI=1S/C21H27N5O2S/c1-5-24(6-2)11-12-26(21-23-17-9-7-8-10-18(17)29-21)19(27)13-25-14-22-16(4)15(3)20(25)28/h7-10,14H,5-6,11-13H2,1-4H3. The Morgan fingerprint density at radius 3 is 2.55 bits per heavy atom. The van der Waals surface area contributed by atoms with E-state index in [0.29, 0.717) is 22.9 Å². The van der Waals surface area contributed by atoms with E-state index in [2.05, 4.69) is 28.7 Å². The third-order valence-electron chi connectivity index (χ3n) is 5.17. The molecule has 3 rings (SSSR count). The summed E-state index contributed by atoms with van der Waals surface area (Å²) >= 11 is 1.49. The minimum Gasteiger partial charge on any atom is -0.302 e. The fourth-order valence-corrected chi connectivity index (χ4v) is 4.11. The van der Waals surface area contributed by atoms with Gasteiger partial charge in [-0.15, -0.1) is 0 Å². The van der Waals surface area contributed by atoms with E-state index in [1.807, 2.05) is 24.3 Å². The fraction of sp³-hybridized carbons (Fsp3) is 0.429. The number of rotatable bonds is 8. The number of hydrogen-bond donors (Lipinski definition) is 0. The number of aryl methyl sites for hydroxylation is 1. The van der Waals surface area contributed by atoms with Crippen LogP contribution >= 0.6 is 11.3 Å². The first-order valence-corrected chi connectivity index (χ1v) is 10.7. The number of carbonyl (C=O) groups excluding carboxylic acids is 1. The lowest BCUT2D eigenvalue weighted by atomic mass is 10.3. The number of benzene rings is 1. The van der Waals surface area contributed by atoms with Crippen molar-refractivity contribution in [3.05, 3.63) is 52.2 Å². The lowest BCUT2D eigenvalue weighted by Gasteiger charge is -2.25. The summed E-state index contributed by atoms with van der Waals surface area (Å²) in [6.45, 7) is 10.8. The van der Waals surface area contributed by atoms with Gasteiger partial charge in [0.05, 0.1) is 16.5 Å². The second kappa shape index (κ2) is 9.28. The predicted molar refractivity (Wildman–Crippen MR) is 118 cm³/mol. The first-order chi connectivity index (χ1) is 13.9. The Labute approximate surface area is 174 Å². The molecule has 0 fully saturated rings. The molecule has 1 aromatic carbocycles. The third-order valence-corrected chi connectivity index (χ3v) is 6.23. The van der Waals surface area contributed by atoms with Crippen LogP contribution in [0.3, 0.4) is 0 Å². The smallest absolute Gasteiger partial charge is 0.256 e. The van der Waals surface area contributed by atoms with Gasteiger partial charge >= 0.3 is 0 Å². The molecule has 8 heteroatoms. The molecule has 0 aliphatic heterocycles. The van der Waals surface area contributed by atoms with Gasteiger partial charge in [-0.25, -0.2) is 9.97 Å². The predicted octanol–water partition coefficient (Wildman–Crippen LogP) is 2.84. The Bertz CT molecular complexity index is 1020. The summed E-state index contributed by atoms with van der Waals surface area (Å²) in [4.78, 5) is 38.6. The molecule has 0 bridgehead atoms. The second-order valence-corrected chi connectivity index (χ2v) is 7.93. The van der Waals surface area contributed by atoms with Crippen LogP contribution in [0.1, 0.15) is 25.1 Å². The maximum Gasteiger partial charge on any atom is 0.256 e. The summed E-state index contributed by atoms with van der Waals surface area (Å²) in [7, 11) is 0. The van der Waals surface area contributed by atoms with Crippen molar-refractivity contribution in [2.75, 3.05) is 31.1 Å². The van der Waals surface area contributed by atoms with Crippen molar-refractivity contribution in [2.45, 2.75) is 34.2 Å². The molecule has 0 saturated carbocycles. The monoisotopic (exact) mass is 413 g/mol. The van der Waals surface area contributed by atoms with Gasteiger partial charge < -0.3 is 4.90 Å². The zero-order chi connectivity index (χ0) is 21.0. The average molecular weight is 414 g/mol. The van der Waals surface area contributed by atoms with Gasteiger partial charge in [0.25, 0.3) is 5.56 Å². The maximum absolute atomic E-state index is 13.2. The number of amides is 1. The van der Waals surface area contributed by atoms with Crippen molar-refractivity contribution in [3.63, 3.8) is 0 Å². The zero-order valence-electron chi connectivity index (χ0n) is 17.4. The molecule has 0 saturated heterocycles. The highest BCUT2D eigenvalue weighted by molar-refractivity contribution is 7.22. The fourth-order valence-electron chi connectivity index (χ4n) is 3.10. The van der Waals surface area contributed by atoms with Crippen molar-refractivity contribution in [2.24, 2.45) is 0 Å². The van der Waals surface area contributed by atoms with Crippen molar-refractivity contribution < 1.29 is 4.79 Å². The number of likely N-dealkylation sites (N-methyl/N-ethyl adjacent to an activating group) is 1. The van der Waals surface area contributed by atoms with Crippen molar-refractivity contribution in [1.82, 2.24) is 19.4 Å². The Kier molecular flexibility index (Phi) is 6.76. The Hall–Kier alpha value is -2.58. The number of fused-ring (bicyclic) bond motifs is 1. The summed E-state index contributed by atoms with van der Waals surface area (Å²) < 4.78 is 2.41. The normalized spacial score (nSPS) is 11.3. The van der Waals surface area contributed by atoms with Crippen LogP contribution < -0.4 is 10.5 Å². The summed E-state index contributed by atoms with van der Waals surface area (Å²) in [5.74, 6) is -0.164. The molecule has 0 radical (unpaired) electrons. The Morgan fingerprint density at radius 1 is 1.14 bits per heavy atom. The first-order valence-electron chi connectivity index (χ1n) is 9.85. The van der Waals surface area contributed by atoms with E-state index in [0.717, 1.165) is 29.9 Å². The van der Waals surface area contributed by atoms with E-state index in [4.69, 9.17) is 0 Å². The van der Waals surface area contributed by atoms with E-state index in [1.165, 1.54) is 22.2 Å². The van der Waals surface area contributed by atoms with Gasteiger partial charge in [0.2, 0.25) is 5.91 Å². The van der Waals surface area contributed by atoms with Crippen LogP contribution in [0.25, 0.3) is 10.2 Å². The van der Waals surface area contributed by atoms with E-state index in [9.17, 15) is 9.59 Å². The molecule has 2 aromatic heterocycles. The lowest BCUT2D eigenvalue weighted by molar-refractivity contribution is -0.119. The highest BCUT2D eigenvalue weighted by Gasteiger charge is 2.21. The molecule has 7 nitrogen and oxygen atoms in total. The minimum absolute atomic E-state index is 0.0544. The number of carbonyl (C=O) groups is 1. The van der Waals surface area contributed by atoms with Gasteiger partial charge in [0.1, 0.15) is 6.54 Å². The quantitative estimate of drug-likeness (QED) is 0.568. The van der Waals surface area contributed by atoms with Gasteiger partial charge in [-0.3, -0.25) is 19.1 Å². The summed E-state index contributed by atoms with van der Waals surface area (Å²) in [6, 6.07) is 7.85. The highest BCUT2D eigenvalue weighted by Crippen LogP contribution is 2.28. The zero-order valence-corrected chi connectivity index (χ0v) is 18.2. The number of nitrogens with zero attached hydrogens (tertiary/aromatic N) is 5. The molecule has 0 aliphatic rings. The number of hydrogen-bond acceptors (Lipinski definition) is 6. The van der Waals surface area contributed by atoms with Crippen LogP contribution in [0, 0.1) is 13.8 Å². The molecule has 154 valence electrons. The van der Waals surface area contributed by atoms with Gasteiger partial charge in [-0.2, -0.15) is 0 Å². The average Bonchev–Trinajstić information content (AvgIpc) is 3.15. The molecule has 0 atom stereocenters. The molecule has 2 heterocycles. The van der Waals surface area contributed by atoms with Crippen molar-refractivity contribution in [3.8, 4) is 0 Å². The van der Waals surface area contributed by atoms with E-state index in [-0.39, 0.29) is 18.0 Å². The first kappa shape index (κ1) is 21.1. The van der Waals surface area contributed by atoms with Gasteiger partial charge in [0, 0.05) is 24.3 Å². The van der Waals surface area contributed by atoms with Crippen LogP contribution in [-0.2, 0) is 11.3 Å². The summed E-state index contributed by atoms with van der Waals surface area (Å²) in [5, 5.41) is 0.660. The molecule has 0 N–H and O–H groups in total. The van der Waals surface area contributed by atoms with Crippen LogP contribution in [0.2, 0.25) is 0 Å². The molecule has 1 amide bonds. The maximum atomic E-state index is 13.2. The molecule has 0 unspecified atom stereocenters. The van der Waals surface area contributed by atoms with E-state index >= 15 is 0 Å². The minimum atomic E-state index is -0.182. The van der Waals surface area contributed by atoms with E-state index in [1.54, 1.807) is 18.7 Å². The van der Waals surface area contributed by atoms with E-state index < -0.39 is 0 Å². The molecular weight excluding hydrogens is 386 g/mol. The highest BCUT2D eigenvalue weighted by atomic mass is 32.1. The van der Waals surface area contributed by atoms with Crippen LogP contribution in [0.15, 0.2) is 35.4 Å². The van der Waals surface area contributed by atoms with Gasteiger partial charge in [0.15, 0.2) is 5.13 Å². The number of thiazole rings is 1. The molecule has 0 aliphatic carbocycles. The van der Waals surface area contributed by atoms with Crippen LogP contribution in [-0.4, -0.2) is 51.5 Å².